The average Bonchev–Trinajstić information content (AvgIpc) is 0.826. The lowest BCUT2D eigenvalue weighted by molar-refractivity contribution is 0.101. The van der Waals surface area contributed by atoms with Gasteiger partial charge in [-0.15, -0.1) is 0 Å². The van der Waals surface area contributed by atoms with Crippen LogP contribution in [0.3, 0.4) is 0 Å². The van der Waals surface area contributed by atoms with Crippen molar-refractivity contribution in [2.24, 2.45) is 0 Å². The maximum Gasteiger partial charge on any atom is 0.257 e. The molecule has 4 aliphatic rings. The largest absolute Gasteiger partial charge is 0.354 e. The van der Waals surface area contributed by atoms with Crippen LogP contribution in [0, 0.1) is 27.7 Å². The summed E-state index contributed by atoms with van der Waals surface area (Å²) in [7, 11) is 0. The molecular weight excluding hydrogens is 1600 g/mol. The molecule has 0 bridgehead atoms. The molecule has 121 heavy (non-hydrogen) atoms. The molecule has 0 radical (unpaired) electrons. The highest BCUT2D eigenvalue weighted by atomic mass is 35.5. The summed E-state index contributed by atoms with van der Waals surface area (Å²) in [4.78, 5) is 96.7. The molecule has 28 heteroatoms. The van der Waals surface area contributed by atoms with E-state index in [-0.39, 0.29) is 23.6 Å². The molecule has 4 aliphatic heterocycles. The van der Waals surface area contributed by atoms with E-state index in [4.69, 9.17) is 51.4 Å². The van der Waals surface area contributed by atoms with Gasteiger partial charge in [-0.2, -0.15) is 0 Å². The van der Waals surface area contributed by atoms with Gasteiger partial charge in [-0.05, 0) is 232 Å². The van der Waals surface area contributed by atoms with Gasteiger partial charge in [0.05, 0.1) is 87.9 Å². The number of piperazine rings is 4. The molecule has 1 unspecified atom stereocenters. The summed E-state index contributed by atoms with van der Waals surface area (Å²) in [6.45, 7) is 28.3. The molecule has 622 valence electrons. The van der Waals surface area contributed by atoms with Crippen molar-refractivity contribution < 1.29 is 19.2 Å². The number of pyridine rings is 8. The van der Waals surface area contributed by atoms with Crippen molar-refractivity contribution in [2.45, 2.75) is 92.5 Å². The van der Waals surface area contributed by atoms with E-state index in [0.29, 0.717) is 118 Å². The second-order valence-corrected chi connectivity index (χ2v) is 32.1. The van der Waals surface area contributed by atoms with Gasteiger partial charge in [0, 0.05) is 172 Å². The van der Waals surface area contributed by atoms with Gasteiger partial charge in [-0.3, -0.25) is 39.1 Å². The van der Waals surface area contributed by atoms with Gasteiger partial charge < -0.3 is 62.1 Å². The highest BCUT2D eigenvalue weighted by molar-refractivity contribution is 6.35. The van der Waals surface area contributed by atoms with Gasteiger partial charge in [-0.1, -0.05) is 70.7 Å². The Morgan fingerprint density at radius 2 is 0.554 bits per heavy atom. The van der Waals surface area contributed by atoms with E-state index in [9.17, 15) is 19.2 Å². The molecule has 4 fully saturated rings. The van der Waals surface area contributed by atoms with E-state index >= 15 is 0 Å². The number of carbonyl (C=O) groups excluding carboxylic acids is 4. The second kappa shape index (κ2) is 40.9. The van der Waals surface area contributed by atoms with Crippen molar-refractivity contribution in [1.82, 2.24) is 61.1 Å². The topological polar surface area (TPSA) is 281 Å². The number of aryl methyl sites for hydroxylation is 4. The summed E-state index contributed by atoms with van der Waals surface area (Å²) >= 11 is 25.4. The quantitative estimate of drug-likeness (QED) is 0.0446. The fourth-order valence-corrected chi connectivity index (χ4v) is 15.7. The number of carbonyl (C=O) groups is 4. The van der Waals surface area contributed by atoms with Gasteiger partial charge in [0.25, 0.3) is 23.6 Å². The summed E-state index contributed by atoms with van der Waals surface area (Å²) in [5.74, 6) is 2.81. The van der Waals surface area contributed by atoms with E-state index in [1.807, 2.05) is 173 Å². The molecule has 0 spiro atoms. The highest BCUT2D eigenvalue weighted by Gasteiger charge is 2.27. The molecule has 5 atom stereocenters. The molecule has 4 amide bonds. The van der Waals surface area contributed by atoms with Crippen LogP contribution in [0.2, 0.25) is 20.1 Å². The van der Waals surface area contributed by atoms with Gasteiger partial charge >= 0.3 is 0 Å². The fourth-order valence-electron chi connectivity index (χ4n) is 14.9. The van der Waals surface area contributed by atoms with E-state index in [1.54, 1.807) is 73.3 Å². The summed E-state index contributed by atoms with van der Waals surface area (Å²) in [6.07, 6.45) is 6.86. The molecule has 0 aliphatic carbocycles. The number of halogens is 4. The number of nitrogens with one attached hydrogen (secondary N) is 8. The first kappa shape index (κ1) is 87.0. The first-order valence-electron chi connectivity index (χ1n) is 40.4. The molecule has 8 aromatic heterocycles. The Kier molecular flexibility index (Phi) is 29.4. The Balaban J connectivity index is 0.000000139. The van der Waals surface area contributed by atoms with Crippen LogP contribution in [0.15, 0.2) is 219 Å². The molecule has 12 heterocycles. The van der Waals surface area contributed by atoms with Gasteiger partial charge in [0.1, 0.15) is 23.3 Å². The van der Waals surface area contributed by atoms with Crippen molar-refractivity contribution in [3.05, 3.63) is 284 Å². The summed E-state index contributed by atoms with van der Waals surface area (Å²) in [5.41, 5.74) is 13.8. The number of hydrogen-bond acceptors (Lipinski definition) is 20. The van der Waals surface area contributed by atoms with Crippen LogP contribution in [-0.4, -0.2) is 166 Å². The van der Waals surface area contributed by atoms with Gasteiger partial charge in [0.15, 0.2) is 0 Å². The van der Waals surface area contributed by atoms with Crippen LogP contribution in [0.25, 0.3) is 45.0 Å². The van der Waals surface area contributed by atoms with Crippen molar-refractivity contribution in [2.75, 3.05) is 113 Å². The number of amides is 4. The summed E-state index contributed by atoms with van der Waals surface area (Å²) < 4.78 is 0. The number of aromatic nitrogens is 8. The van der Waals surface area contributed by atoms with Crippen LogP contribution in [0.4, 0.5) is 46.0 Å². The molecule has 4 saturated heterocycles. The fraction of sp³-hybridized carbons (Fsp3) is 0.269. The van der Waals surface area contributed by atoms with Gasteiger partial charge in [-0.25, -0.2) is 19.9 Å². The minimum absolute atomic E-state index is 0.200. The van der Waals surface area contributed by atoms with Gasteiger partial charge in [0.2, 0.25) is 0 Å². The van der Waals surface area contributed by atoms with E-state index < -0.39 is 0 Å². The van der Waals surface area contributed by atoms with Crippen molar-refractivity contribution in [3.8, 4) is 45.0 Å². The lowest BCUT2D eigenvalue weighted by Crippen LogP contribution is -2.54. The SMILES string of the molecule is Cc1nc(N2CCNC(C)C2)ccc1C(=O)Nc1ccc(Cl)c(-c2ccccn2)c1.Cc1nc(N2CCN[C@@H](C)C2)ccc1C(=O)Nc1ccc(Cl)c(-c2ccccn2)c1.Cc1nc(N2CCN[C@H](C)C2)ccc1C(=O)Nc1ccc(Cl)c(-c2ccccn2)c1.Cc1nc(N2C[C@@H](C)N[C@@H](C)C2)ccc1C(=O)Nc1ccc(Cl)c(-c2ccccn2)c1. The Morgan fingerprint density at radius 1 is 0.314 bits per heavy atom. The lowest BCUT2D eigenvalue weighted by Gasteiger charge is -2.37. The van der Waals surface area contributed by atoms with E-state index in [2.05, 4.69) is 132 Å². The van der Waals surface area contributed by atoms with Crippen molar-refractivity contribution >= 4 is 116 Å². The molecule has 16 rings (SSSR count). The lowest BCUT2D eigenvalue weighted by atomic mass is 10.1. The Bertz CT molecular complexity index is 5220. The molecule has 4 aromatic carbocycles. The number of benzene rings is 4. The van der Waals surface area contributed by atoms with Crippen LogP contribution in [0.5, 0.6) is 0 Å². The normalized spacial score (nSPS) is 17.0. The molecular formula is C93H98Cl4N20O4. The summed E-state index contributed by atoms with van der Waals surface area (Å²) in [5, 5.41) is 28.0. The standard InChI is InChI=1S/C24H26ClN5O.3C23H24ClN5O/c1-15-13-30(14-16(2)27-15)23-10-8-19(17(3)28-23)24(31)29-18-7-9-21(25)20(12-18)22-6-4-5-11-26-22;3*1-15-14-29(12-11-25-15)22-9-7-18(16(2)27-22)23(30)28-17-6-8-20(24)19(13-17)21-5-3-4-10-26-21/h4-12,15-16,27H,13-14H2,1-3H3,(H,29,31);3*3-10,13,15,25H,11-12,14H2,1-2H3,(H,28,30)/t15-,16+;2*15-;/m.10./s1. The third-order valence-corrected chi connectivity index (χ3v) is 22.2. The van der Waals surface area contributed by atoms with Crippen LogP contribution < -0.4 is 62.1 Å². The van der Waals surface area contributed by atoms with Crippen LogP contribution in [-0.2, 0) is 0 Å². The van der Waals surface area contributed by atoms with Crippen LogP contribution in [0.1, 0.15) is 98.8 Å². The molecule has 8 N–H and O–H groups in total. The minimum atomic E-state index is -0.201. The molecule has 24 nitrogen and oxygen atoms in total. The van der Waals surface area contributed by atoms with Crippen molar-refractivity contribution in [1.29, 1.82) is 0 Å². The number of hydrogen-bond donors (Lipinski definition) is 8. The predicted octanol–water partition coefficient (Wildman–Crippen LogP) is 17.0. The number of rotatable bonds is 16. The van der Waals surface area contributed by atoms with Crippen molar-refractivity contribution in [3.63, 3.8) is 0 Å². The zero-order valence-corrected chi connectivity index (χ0v) is 72.0. The molecule has 0 saturated carbocycles. The third kappa shape index (κ3) is 23.0. The maximum atomic E-state index is 12.9. The summed E-state index contributed by atoms with van der Waals surface area (Å²) in [6, 6.07) is 61.2. The first-order chi connectivity index (χ1) is 58.4. The molecule has 12 aromatic rings. The number of anilines is 8. The second-order valence-electron chi connectivity index (χ2n) is 30.4. The maximum absolute atomic E-state index is 12.9. The highest BCUT2D eigenvalue weighted by Crippen LogP contribution is 2.35. The zero-order valence-electron chi connectivity index (χ0n) is 69.0. The Hall–Kier alpha value is -11.8. The first-order valence-corrected chi connectivity index (χ1v) is 41.9. The van der Waals surface area contributed by atoms with E-state index in [1.165, 1.54) is 0 Å². The zero-order chi connectivity index (χ0) is 85.2. The average molecular weight is 1700 g/mol. The minimum Gasteiger partial charge on any atom is -0.354 e. The third-order valence-electron chi connectivity index (χ3n) is 20.9. The number of nitrogens with zero attached hydrogens (tertiary/aromatic N) is 12. The Labute approximate surface area is 726 Å². The predicted molar refractivity (Wildman–Crippen MR) is 490 cm³/mol. The smallest absolute Gasteiger partial charge is 0.257 e. The Morgan fingerprint density at radius 3 is 0.777 bits per heavy atom. The monoisotopic (exact) mass is 1700 g/mol. The van der Waals surface area contributed by atoms with Crippen LogP contribution >= 0.6 is 46.4 Å². The van der Waals surface area contributed by atoms with E-state index in [0.717, 1.165) is 140 Å².